The van der Waals surface area contributed by atoms with Gasteiger partial charge in [0.2, 0.25) is 5.75 Å². The third-order valence-electron chi connectivity index (χ3n) is 1.79. The molecule has 0 aliphatic rings. The van der Waals surface area contributed by atoms with Crippen LogP contribution in [0.3, 0.4) is 0 Å². The summed E-state index contributed by atoms with van der Waals surface area (Å²) in [5, 5.41) is 8.74. The molecule has 0 bridgehead atoms. The van der Waals surface area contributed by atoms with Gasteiger partial charge in [-0.25, -0.2) is 9.78 Å². The summed E-state index contributed by atoms with van der Waals surface area (Å²) in [5.74, 6) is -1.25. The van der Waals surface area contributed by atoms with Crippen molar-refractivity contribution >= 4 is 15.4 Å². The van der Waals surface area contributed by atoms with E-state index in [2.05, 4.69) is 9.51 Å². The van der Waals surface area contributed by atoms with Crippen LogP contribution in [0, 0.1) is 6.92 Å². The van der Waals surface area contributed by atoms with Crippen molar-refractivity contribution in [2.75, 3.05) is 0 Å². The number of aromatic carboxylic acids is 1. The molecule has 0 aliphatic heterocycles. The van der Waals surface area contributed by atoms with Crippen LogP contribution in [-0.4, -0.2) is 20.6 Å². The Morgan fingerprint density at radius 1 is 1.64 bits per heavy atom. The summed E-state index contributed by atoms with van der Waals surface area (Å²) < 4.78 is 5.83. The number of nitrogens with zero attached hydrogens (tertiary/aromatic N) is 2. The van der Waals surface area contributed by atoms with Crippen LogP contribution in [0.4, 0.5) is 0 Å². The molecule has 1 aromatic heterocycles. The molecule has 1 aromatic rings. The van der Waals surface area contributed by atoms with Crippen molar-refractivity contribution in [3.05, 3.63) is 21.9 Å². The maximum Gasteiger partial charge on any atom is 0.358 e. The normalized spacial score (nSPS) is 9.93. The van der Waals surface area contributed by atoms with Crippen LogP contribution in [0.5, 0.6) is 5.75 Å². The Hall–Kier alpha value is -1.42. The Balaban J connectivity index is 3.60. The molecule has 1 heterocycles. The van der Waals surface area contributed by atoms with E-state index in [-0.39, 0.29) is 11.4 Å². The zero-order chi connectivity index (χ0) is 10.9. The van der Waals surface area contributed by atoms with E-state index in [1.54, 1.807) is 6.92 Å². The van der Waals surface area contributed by atoms with Crippen LogP contribution in [0.15, 0.2) is 4.79 Å². The second kappa shape index (κ2) is 3.75. The number of aromatic nitrogens is 2. The molecule has 0 aromatic carbocycles. The number of carbonyl (C=O) groups is 1. The minimum Gasteiger partial charge on any atom is -0.476 e. The molecule has 0 spiro atoms. The van der Waals surface area contributed by atoms with Crippen LogP contribution in [-0.2, 0) is 7.05 Å². The molecule has 14 heavy (non-hydrogen) atoms. The smallest absolute Gasteiger partial charge is 0.358 e. The van der Waals surface area contributed by atoms with Gasteiger partial charge in [0, 0.05) is 7.05 Å². The Labute approximate surface area is 81.8 Å². The highest BCUT2D eigenvalue weighted by Gasteiger charge is 2.18. The quantitative estimate of drug-likeness (QED) is 0.701. The van der Waals surface area contributed by atoms with E-state index in [4.69, 9.17) is 5.11 Å². The predicted octanol–water partition coefficient (Wildman–Crippen LogP) is -0.0442. The third-order valence-corrected chi connectivity index (χ3v) is 2.03. The van der Waals surface area contributed by atoms with Gasteiger partial charge in [-0.3, -0.25) is 9.36 Å². The largest absolute Gasteiger partial charge is 0.476 e. The highest BCUT2D eigenvalue weighted by Crippen LogP contribution is 2.13. The van der Waals surface area contributed by atoms with Crippen LogP contribution >= 0.6 is 9.47 Å². The van der Waals surface area contributed by atoms with Gasteiger partial charge in [-0.1, -0.05) is 0 Å². The molecule has 0 aliphatic carbocycles. The predicted molar refractivity (Wildman–Crippen MR) is 51.5 cm³/mol. The van der Waals surface area contributed by atoms with Gasteiger partial charge in [-0.2, -0.15) is 0 Å². The minimum atomic E-state index is -1.29. The van der Waals surface area contributed by atoms with Crippen LogP contribution < -0.4 is 10.1 Å². The van der Waals surface area contributed by atoms with Crippen molar-refractivity contribution in [3.8, 4) is 5.75 Å². The first kappa shape index (κ1) is 10.7. The second-order valence-corrected chi connectivity index (χ2v) is 2.86. The fraction of sp³-hybridized carbons (Fsp3) is 0.286. The average Bonchev–Trinajstić information content (AvgIpc) is 2.13. The molecule has 0 saturated heterocycles. The van der Waals surface area contributed by atoms with E-state index in [0.29, 0.717) is 5.82 Å². The number of hydrogen-bond acceptors (Lipinski definition) is 4. The van der Waals surface area contributed by atoms with Crippen LogP contribution in [0.2, 0.25) is 0 Å². The van der Waals surface area contributed by atoms with Gasteiger partial charge < -0.3 is 9.63 Å². The van der Waals surface area contributed by atoms with E-state index in [0.717, 1.165) is 0 Å². The van der Waals surface area contributed by atoms with Gasteiger partial charge in [0.1, 0.15) is 5.82 Å². The molecule has 1 atom stereocenters. The molecule has 1 N–H and O–H groups in total. The van der Waals surface area contributed by atoms with Crippen molar-refractivity contribution in [1.82, 2.24) is 9.55 Å². The Morgan fingerprint density at radius 2 is 2.21 bits per heavy atom. The third kappa shape index (κ3) is 1.61. The maximum atomic E-state index is 11.5. The lowest BCUT2D eigenvalue weighted by Gasteiger charge is -2.07. The lowest BCUT2D eigenvalue weighted by Crippen LogP contribution is -2.24. The molecule has 76 valence electrons. The van der Waals surface area contributed by atoms with E-state index in [1.807, 2.05) is 9.47 Å². The molecule has 0 fully saturated rings. The Morgan fingerprint density at radius 3 is 2.64 bits per heavy atom. The molecular formula is C7H9N2O4P. The SMILES string of the molecule is Cc1nc(C(=O)O)c(OP)c(=O)n1C. The van der Waals surface area contributed by atoms with Gasteiger partial charge in [-0.05, 0) is 6.92 Å². The van der Waals surface area contributed by atoms with Crippen LogP contribution in [0.25, 0.3) is 0 Å². The molecule has 6 nitrogen and oxygen atoms in total. The van der Waals surface area contributed by atoms with Crippen molar-refractivity contribution in [2.45, 2.75) is 6.92 Å². The van der Waals surface area contributed by atoms with Crippen molar-refractivity contribution < 1.29 is 14.4 Å². The topological polar surface area (TPSA) is 81.4 Å². The molecule has 0 radical (unpaired) electrons. The number of carboxylic acids is 1. The monoisotopic (exact) mass is 216 g/mol. The van der Waals surface area contributed by atoms with E-state index in [9.17, 15) is 9.59 Å². The Kier molecular flexibility index (Phi) is 2.86. The summed E-state index contributed by atoms with van der Waals surface area (Å²) >= 11 is 0. The van der Waals surface area contributed by atoms with Gasteiger partial charge in [0.05, 0.1) is 9.47 Å². The maximum absolute atomic E-state index is 11.5. The molecule has 0 amide bonds. The van der Waals surface area contributed by atoms with E-state index < -0.39 is 11.5 Å². The summed E-state index contributed by atoms with van der Waals surface area (Å²) in [4.78, 5) is 25.9. The van der Waals surface area contributed by atoms with Crippen molar-refractivity contribution in [1.29, 1.82) is 0 Å². The first-order chi connectivity index (χ1) is 6.49. The van der Waals surface area contributed by atoms with Gasteiger partial charge >= 0.3 is 5.97 Å². The second-order valence-electron chi connectivity index (χ2n) is 2.62. The van der Waals surface area contributed by atoms with Gasteiger partial charge in [0.25, 0.3) is 5.56 Å². The highest BCUT2D eigenvalue weighted by molar-refractivity contribution is 7.10. The van der Waals surface area contributed by atoms with Gasteiger partial charge in [-0.15, -0.1) is 0 Å². The van der Waals surface area contributed by atoms with E-state index in [1.165, 1.54) is 11.6 Å². The summed E-state index contributed by atoms with van der Waals surface area (Å²) in [6.45, 7) is 1.54. The molecule has 1 unspecified atom stereocenters. The van der Waals surface area contributed by atoms with Crippen LogP contribution in [0.1, 0.15) is 16.3 Å². The number of hydrogen-bond donors (Lipinski definition) is 1. The zero-order valence-corrected chi connectivity index (χ0v) is 8.80. The standard InChI is InChI=1S/C7H9N2O4P/c1-3-8-4(7(11)12)5(13-14)6(10)9(3)2/h14H2,1-2H3,(H,11,12). The fourth-order valence-electron chi connectivity index (χ4n) is 0.939. The first-order valence-electron chi connectivity index (χ1n) is 3.66. The highest BCUT2D eigenvalue weighted by atomic mass is 31.0. The van der Waals surface area contributed by atoms with Crippen molar-refractivity contribution in [3.63, 3.8) is 0 Å². The summed E-state index contributed by atoms with van der Waals surface area (Å²) in [6.07, 6.45) is 0. The molecular weight excluding hydrogens is 207 g/mol. The summed E-state index contributed by atoms with van der Waals surface area (Å²) in [7, 11) is 3.32. The summed E-state index contributed by atoms with van der Waals surface area (Å²) in [5.41, 5.74) is -0.898. The van der Waals surface area contributed by atoms with Crippen molar-refractivity contribution in [2.24, 2.45) is 7.05 Å². The lowest BCUT2D eigenvalue weighted by atomic mass is 10.3. The van der Waals surface area contributed by atoms with Gasteiger partial charge in [0.15, 0.2) is 5.69 Å². The first-order valence-corrected chi connectivity index (χ1v) is 4.13. The number of carboxylic acid groups (broad SMARTS) is 1. The fourth-order valence-corrected chi connectivity index (χ4v) is 1.15. The molecule has 7 heteroatoms. The zero-order valence-electron chi connectivity index (χ0n) is 7.64. The number of aryl methyl sites for hydroxylation is 1. The average molecular weight is 216 g/mol. The Bertz CT molecular complexity index is 440. The lowest BCUT2D eigenvalue weighted by molar-refractivity contribution is 0.0687. The molecule has 0 saturated carbocycles. The summed E-state index contributed by atoms with van der Waals surface area (Å²) in [6, 6.07) is 0. The number of rotatable bonds is 2. The van der Waals surface area contributed by atoms with E-state index >= 15 is 0 Å². The minimum absolute atomic E-state index is 0.282. The molecule has 1 rings (SSSR count).